The number of rotatable bonds is 4. The second-order valence-electron chi connectivity index (χ2n) is 4.48. The van der Waals surface area contributed by atoms with Crippen LogP contribution in [0.15, 0.2) is 30.5 Å². The molecule has 0 atom stereocenters. The molecule has 0 fully saturated rings. The van der Waals surface area contributed by atoms with E-state index in [4.69, 9.17) is 9.84 Å². The minimum absolute atomic E-state index is 0.00885. The lowest BCUT2D eigenvalue weighted by Gasteiger charge is -2.10. The zero-order chi connectivity index (χ0) is 15.6. The average Bonchev–Trinajstić information content (AvgIpc) is 2.42. The molecule has 0 aliphatic carbocycles. The number of aryl methyl sites for hydroxylation is 2. The monoisotopic (exact) mass is 288 g/mol. The smallest absolute Gasteiger partial charge is 0.339 e. The fourth-order valence-corrected chi connectivity index (χ4v) is 1.76. The standard InChI is InChI=1S/C14H12N2O5/c1-8-3-4-12(11(5-8)14(17)18)21-13-9(2)6-10(7-15-13)16(19)20/h3-7H,1-2H3,(H,17,18). The van der Waals surface area contributed by atoms with Crippen LogP contribution in [0.3, 0.4) is 0 Å². The zero-order valence-corrected chi connectivity index (χ0v) is 11.4. The van der Waals surface area contributed by atoms with Crippen molar-refractivity contribution in [2.45, 2.75) is 13.8 Å². The van der Waals surface area contributed by atoms with E-state index in [9.17, 15) is 14.9 Å². The van der Waals surface area contributed by atoms with Crippen LogP contribution in [0.5, 0.6) is 11.6 Å². The van der Waals surface area contributed by atoms with Crippen LogP contribution in [0, 0.1) is 24.0 Å². The molecule has 7 nitrogen and oxygen atoms in total. The number of carboxylic acids is 1. The summed E-state index contributed by atoms with van der Waals surface area (Å²) < 4.78 is 5.48. The van der Waals surface area contributed by atoms with Gasteiger partial charge in [-0.05, 0) is 26.0 Å². The van der Waals surface area contributed by atoms with E-state index < -0.39 is 10.9 Å². The van der Waals surface area contributed by atoms with Crippen LogP contribution in [0.4, 0.5) is 5.69 Å². The second-order valence-corrected chi connectivity index (χ2v) is 4.48. The van der Waals surface area contributed by atoms with Gasteiger partial charge >= 0.3 is 5.97 Å². The Kier molecular flexibility index (Phi) is 3.84. The molecule has 1 heterocycles. The maximum Gasteiger partial charge on any atom is 0.339 e. The molecule has 7 heteroatoms. The molecule has 0 saturated carbocycles. The van der Waals surface area contributed by atoms with Crippen LogP contribution in [0.2, 0.25) is 0 Å². The predicted molar refractivity (Wildman–Crippen MR) is 73.8 cm³/mol. The van der Waals surface area contributed by atoms with Gasteiger partial charge in [-0.3, -0.25) is 10.1 Å². The molecule has 108 valence electrons. The van der Waals surface area contributed by atoms with Gasteiger partial charge in [0.25, 0.3) is 5.69 Å². The quantitative estimate of drug-likeness (QED) is 0.685. The number of aromatic nitrogens is 1. The van der Waals surface area contributed by atoms with Gasteiger partial charge in [-0.2, -0.15) is 0 Å². The van der Waals surface area contributed by atoms with E-state index in [2.05, 4.69) is 4.98 Å². The first-order valence-corrected chi connectivity index (χ1v) is 6.01. The normalized spacial score (nSPS) is 10.2. The number of aromatic carboxylic acids is 1. The highest BCUT2D eigenvalue weighted by atomic mass is 16.6. The topological polar surface area (TPSA) is 103 Å². The second kappa shape index (κ2) is 5.58. The van der Waals surface area contributed by atoms with Crippen LogP contribution in [-0.4, -0.2) is 21.0 Å². The molecule has 2 rings (SSSR count). The fraction of sp³-hybridized carbons (Fsp3) is 0.143. The molecular weight excluding hydrogens is 276 g/mol. The molecular formula is C14H12N2O5. The molecule has 0 radical (unpaired) electrons. The Morgan fingerprint density at radius 2 is 2.05 bits per heavy atom. The van der Waals surface area contributed by atoms with Gasteiger partial charge in [0.2, 0.25) is 5.88 Å². The first-order chi connectivity index (χ1) is 9.88. The summed E-state index contributed by atoms with van der Waals surface area (Å²) in [7, 11) is 0. The molecule has 0 aliphatic heterocycles. The van der Waals surface area contributed by atoms with Gasteiger partial charge < -0.3 is 9.84 Å². The van der Waals surface area contributed by atoms with Crippen molar-refractivity contribution in [3.63, 3.8) is 0 Å². The summed E-state index contributed by atoms with van der Waals surface area (Å²) in [5, 5.41) is 19.8. The van der Waals surface area contributed by atoms with E-state index in [0.717, 1.165) is 11.8 Å². The lowest BCUT2D eigenvalue weighted by Crippen LogP contribution is -2.02. The molecule has 0 amide bonds. The van der Waals surface area contributed by atoms with E-state index in [0.29, 0.717) is 5.56 Å². The maximum atomic E-state index is 11.2. The Labute approximate surface area is 120 Å². The molecule has 2 aromatic rings. The molecule has 0 bridgehead atoms. The lowest BCUT2D eigenvalue weighted by atomic mass is 10.1. The number of ether oxygens (including phenoxy) is 1. The Morgan fingerprint density at radius 1 is 1.33 bits per heavy atom. The van der Waals surface area contributed by atoms with Crippen molar-refractivity contribution in [2.75, 3.05) is 0 Å². The third-order valence-corrected chi connectivity index (χ3v) is 2.80. The summed E-state index contributed by atoms with van der Waals surface area (Å²) in [5.74, 6) is -0.849. The highest BCUT2D eigenvalue weighted by Crippen LogP contribution is 2.28. The van der Waals surface area contributed by atoms with E-state index in [-0.39, 0.29) is 22.9 Å². The molecule has 1 aromatic carbocycles. The number of hydrogen-bond acceptors (Lipinski definition) is 5. The number of carboxylic acid groups (broad SMARTS) is 1. The fourth-order valence-electron chi connectivity index (χ4n) is 1.76. The van der Waals surface area contributed by atoms with Crippen molar-refractivity contribution >= 4 is 11.7 Å². The predicted octanol–water partition coefficient (Wildman–Crippen LogP) is 3.10. The number of nitrogens with zero attached hydrogens (tertiary/aromatic N) is 2. The third-order valence-electron chi connectivity index (χ3n) is 2.80. The Bertz CT molecular complexity index is 727. The van der Waals surface area contributed by atoms with Crippen molar-refractivity contribution in [1.29, 1.82) is 0 Å². The van der Waals surface area contributed by atoms with Gasteiger partial charge in [0.15, 0.2) is 0 Å². The molecule has 0 spiro atoms. The van der Waals surface area contributed by atoms with Crippen LogP contribution < -0.4 is 4.74 Å². The molecule has 0 aliphatic rings. The summed E-state index contributed by atoms with van der Waals surface area (Å²) in [6, 6.07) is 6.04. The lowest BCUT2D eigenvalue weighted by molar-refractivity contribution is -0.385. The minimum Gasteiger partial charge on any atom is -0.478 e. The zero-order valence-electron chi connectivity index (χ0n) is 11.4. The van der Waals surface area contributed by atoms with Crippen LogP contribution in [-0.2, 0) is 0 Å². The van der Waals surface area contributed by atoms with Crippen molar-refractivity contribution in [3.05, 3.63) is 57.3 Å². The summed E-state index contributed by atoms with van der Waals surface area (Å²) in [6.45, 7) is 3.37. The first kappa shape index (κ1) is 14.4. The summed E-state index contributed by atoms with van der Waals surface area (Å²) in [5.41, 5.74) is 1.09. The number of hydrogen-bond donors (Lipinski definition) is 1. The van der Waals surface area contributed by atoms with E-state index in [1.165, 1.54) is 18.2 Å². The van der Waals surface area contributed by atoms with Gasteiger partial charge in [0.05, 0.1) is 4.92 Å². The van der Waals surface area contributed by atoms with Crippen molar-refractivity contribution < 1.29 is 19.6 Å². The van der Waals surface area contributed by atoms with E-state index in [1.54, 1.807) is 19.9 Å². The molecule has 1 N–H and O–H groups in total. The highest BCUT2D eigenvalue weighted by Gasteiger charge is 2.15. The third kappa shape index (κ3) is 3.14. The number of nitro groups is 1. The summed E-state index contributed by atoms with van der Waals surface area (Å²) in [6.07, 6.45) is 1.07. The van der Waals surface area contributed by atoms with Gasteiger partial charge in [0.1, 0.15) is 17.5 Å². The summed E-state index contributed by atoms with van der Waals surface area (Å²) >= 11 is 0. The van der Waals surface area contributed by atoms with Gasteiger partial charge in [0, 0.05) is 11.6 Å². The van der Waals surface area contributed by atoms with Crippen molar-refractivity contribution in [1.82, 2.24) is 4.98 Å². The van der Waals surface area contributed by atoms with Crippen LogP contribution in [0.1, 0.15) is 21.5 Å². The van der Waals surface area contributed by atoms with E-state index >= 15 is 0 Å². The first-order valence-electron chi connectivity index (χ1n) is 6.01. The Balaban J connectivity index is 2.39. The SMILES string of the molecule is Cc1ccc(Oc2ncc([N+](=O)[O-])cc2C)c(C(=O)O)c1. The summed E-state index contributed by atoms with van der Waals surface area (Å²) in [4.78, 5) is 25.2. The van der Waals surface area contributed by atoms with Crippen molar-refractivity contribution in [2.24, 2.45) is 0 Å². The maximum absolute atomic E-state index is 11.2. The molecule has 0 saturated heterocycles. The van der Waals surface area contributed by atoms with Crippen LogP contribution in [0.25, 0.3) is 0 Å². The molecule has 0 unspecified atom stereocenters. The van der Waals surface area contributed by atoms with Gasteiger partial charge in [-0.1, -0.05) is 11.6 Å². The van der Waals surface area contributed by atoms with E-state index in [1.807, 2.05) is 0 Å². The van der Waals surface area contributed by atoms with Crippen LogP contribution >= 0.6 is 0 Å². The Hall–Kier alpha value is -2.96. The largest absolute Gasteiger partial charge is 0.478 e. The number of carbonyl (C=O) groups is 1. The number of benzene rings is 1. The molecule has 1 aromatic heterocycles. The average molecular weight is 288 g/mol. The number of pyridine rings is 1. The highest BCUT2D eigenvalue weighted by molar-refractivity contribution is 5.91. The van der Waals surface area contributed by atoms with Gasteiger partial charge in [-0.25, -0.2) is 9.78 Å². The Morgan fingerprint density at radius 3 is 2.62 bits per heavy atom. The minimum atomic E-state index is -1.12. The van der Waals surface area contributed by atoms with Gasteiger partial charge in [-0.15, -0.1) is 0 Å². The molecule has 21 heavy (non-hydrogen) atoms. The van der Waals surface area contributed by atoms with Crippen molar-refractivity contribution in [3.8, 4) is 11.6 Å².